The highest BCUT2D eigenvalue weighted by Crippen LogP contribution is 2.25. The first-order valence-corrected chi connectivity index (χ1v) is 5.31. The molecule has 1 heteroatoms. The summed E-state index contributed by atoms with van der Waals surface area (Å²) >= 11 is 0. The van der Waals surface area contributed by atoms with E-state index in [1.165, 1.54) is 0 Å². The lowest BCUT2D eigenvalue weighted by atomic mass is 9.96. The molecule has 16 heavy (non-hydrogen) atoms. The van der Waals surface area contributed by atoms with Gasteiger partial charge in [-0.05, 0) is 42.5 Å². The molecule has 1 N–H and O–H groups in total. The fourth-order valence-corrected chi connectivity index (χ4v) is 1.67. The normalized spacial score (nSPS) is 9.75. The summed E-state index contributed by atoms with van der Waals surface area (Å²) in [6.45, 7) is 11.1. The van der Waals surface area contributed by atoms with Gasteiger partial charge >= 0.3 is 0 Å². The molecule has 0 saturated carbocycles. The van der Waals surface area contributed by atoms with E-state index in [9.17, 15) is 5.11 Å². The van der Waals surface area contributed by atoms with E-state index in [1.54, 1.807) is 18.2 Å². The van der Waals surface area contributed by atoms with Gasteiger partial charge in [-0.2, -0.15) is 0 Å². The van der Waals surface area contributed by atoms with Gasteiger partial charge in [0.25, 0.3) is 0 Å². The molecule has 0 aliphatic carbocycles. The minimum atomic E-state index is 0.312. The Kier molecular flexibility index (Phi) is 4.59. The van der Waals surface area contributed by atoms with Crippen LogP contribution in [-0.4, -0.2) is 5.11 Å². The van der Waals surface area contributed by atoms with E-state index >= 15 is 0 Å². The van der Waals surface area contributed by atoms with Crippen LogP contribution in [-0.2, 0) is 19.3 Å². The Hall–Kier alpha value is -1.76. The van der Waals surface area contributed by atoms with Crippen LogP contribution in [0.5, 0.6) is 5.75 Å². The summed E-state index contributed by atoms with van der Waals surface area (Å²) in [7, 11) is 0. The summed E-state index contributed by atoms with van der Waals surface area (Å²) in [5, 5.41) is 9.92. The number of benzene rings is 1. The largest absolute Gasteiger partial charge is 0.508 e. The SMILES string of the molecule is C=CCc1[c]c(CC=C)c(CC=C)c(O)c1. The van der Waals surface area contributed by atoms with Gasteiger partial charge in [0.1, 0.15) is 5.75 Å². The highest BCUT2D eigenvalue weighted by molar-refractivity contribution is 5.44. The lowest BCUT2D eigenvalue weighted by Gasteiger charge is -2.10. The van der Waals surface area contributed by atoms with Crippen LogP contribution in [0.1, 0.15) is 16.7 Å². The van der Waals surface area contributed by atoms with E-state index in [2.05, 4.69) is 25.8 Å². The van der Waals surface area contributed by atoms with Crippen molar-refractivity contribution in [3.63, 3.8) is 0 Å². The van der Waals surface area contributed by atoms with E-state index in [4.69, 9.17) is 0 Å². The molecule has 1 aromatic rings. The van der Waals surface area contributed by atoms with E-state index in [0.29, 0.717) is 25.0 Å². The van der Waals surface area contributed by atoms with Crippen LogP contribution < -0.4 is 0 Å². The number of phenolic OH excluding ortho intramolecular Hbond substituents is 1. The molecule has 0 aromatic heterocycles. The van der Waals surface area contributed by atoms with Crippen LogP contribution in [0.2, 0.25) is 0 Å². The molecule has 0 unspecified atom stereocenters. The lowest BCUT2D eigenvalue weighted by Crippen LogP contribution is -1.96. The van der Waals surface area contributed by atoms with Crippen molar-refractivity contribution in [2.75, 3.05) is 0 Å². The maximum atomic E-state index is 9.92. The van der Waals surface area contributed by atoms with Crippen LogP contribution in [0, 0.1) is 6.07 Å². The van der Waals surface area contributed by atoms with E-state index < -0.39 is 0 Å². The molecule has 0 fully saturated rings. The molecule has 1 radical (unpaired) electrons. The van der Waals surface area contributed by atoms with Crippen LogP contribution >= 0.6 is 0 Å². The zero-order chi connectivity index (χ0) is 12.0. The summed E-state index contributed by atoms with van der Waals surface area (Å²) in [5.41, 5.74) is 2.84. The zero-order valence-corrected chi connectivity index (χ0v) is 9.50. The van der Waals surface area contributed by atoms with Gasteiger partial charge in [-0.1, -0.05) is 18.2 Å². The molecular weight excluding hydrogens is 196 g/mol. The molecule has 0 aliphatic rings. The molecule has 1 nitrogen and oxygen atoms in total. The number of phenols is 1. The fraction of sp³-hybridized carbons (Fsp3) is 0.200. The van der Waals surface area contributed by atoms with Gasteiger partial charge in [0, 0.05) is 5.56 Å². The predicted molar refractivity (Wildman–Crippen MR) is 68.6 cm³/mol. The van der Waals surface area contributed by atoms with Gasteiger partial charge in [-0.15, -0.1) is 19.7 Å². The van der Waals surface area contributed by atoms with Gasteiger partial charge in [0.15, 0.2) is 0 Å². The molecule has 0 atom stereocenters. The summed E-state index contributed by atoms with van der Waals surface area (Å²) in [6.07, 6.45) is 7.47. The Bertz CT molecular complexity index is 402. The second-order valence-electron chi connectivity index (χ2n) is 3.62. The Morgan fingerprint density at radius 3 is 2.25 bits per heavy atom. The van der Waals surface area contributed by atoms with Crippen molar-refractivity contribution in [3.05, 3.63) is 66.8 Å². The Labute approximate surface area is 97.4 Å². The first kappa shape index (κ1) is 12.3. The van der Waals surface area contributed by atoms with E-state index in [1.807, 2.05) is 6.08 Å². The molecule has 0 spiro atoms. The molecule has 0 saturated heterocycles. The number of rotatable bonds is 6. The number of hydrogen-bond donors (Lipinski definition) is 1. The van der Waals surface area contributed by atoms with Crippen LogP contribution in [0.4, 0.5) is 0 Å². The minimum absolute atomic E-state index is 0.312. The molecule has 1 rings (SSSR count). The topological polar surface area (TPSA) is 20.2 Å². The Balaban J connectivity index is 3.19. The summed E-state index contributed by atoms with van der Waals surface area (Å²) in [6, 6.07) is 5.03. The third kappa shape index (κ3) is 2.86. The minimum Gasteiger partial charge on any atom is -0.508 e. The number of allylic oxidation sites excluding steroid dienone is 3. The molecule has 0 amide bonds. The third-order valence-corrected chi connectivity index (χ3v) is 2.36. The van der Waals surface area contributed by atoms with Crippen molar-refractivity contribution in [1.29, 1.82) is 0 Å². The number of hydrogen-bond acceptors (Lipinski definition) is 1. The average Bonchev–Trinajstić information content (AvgIpc) is 2.24. The fourth-order valence-electron chi connectivity index (χ4n) is 1.67. The summed E-state index contributed by atoms with van der Waals surface area (Å²) < 4.78 is 0. The van der Waals surface area contributed by atoms with Gasteiger partial charge in [-0.3, -0.25) is 0 Å². The smallest absolute Gasteiger partial charge is 0.119 e. The van der Waals surface area contributed by atoms with Crippen LogP contribution in [0.25, 0.3) is 0 Å². The van der Waals surface area contributed by atoms with Crippen molar-refractivity contribution in [1.82, 2.24) is 0 Å². The quantitative estimate of drug-likeness (QED) is 0.718. The second kappa shape index (κ2) is 5.96. The van der Waals surface area contributed by atoms with Crippen molar-refractivity contribution >= 4 is 0 Å². The molecule has 0 bridgehead atoms. The third-order valence-electron chi connectivity index (χ3n) is 2.36. The predicted octanol–water partition coefficient (Wildman–Crippen LogP) is 3.38. The molecule has 1 aromatic carbocycles. The summed E-state index contributed by atoms with van der Waals surface area (Å²) in [4.78, 5) is 0. The zero-order valence-electron chi connectivity index (χ0n) is 9.50. The van der Waals surface area contributed by atoms with Gasteiger partial charge < -0.3 is 5.11 Å². The van der Waals surface area contributed by atoms with Gasteiger partial charge in [0.05, 0.1) is 0 Å². The number of aromatic hydroxyl groups is 1. The Morgan fingerprint density at radius 2 is 1.69 bits per heavy atom. The Morgan fingerprint density at radius 1 is 1.06 bits per heavy atom. The standard InChI is InChI=1S/C15H17O/c1-4-7-12-10-13(8-5-2)14(9-6-3)15(16)11-12/h4-6,11,16H,1-3,7-9H2. The summed E-state index contributed by atoms with van der Waals surface area (Å²) in [5.74, 6) is 0.312. The maximum Gasteiger partial charge on any atom is 0.119 e. The van der Waals surface area contributed by atoms with Crippen molar-refractivity contribution in [2.24, 2.45) is 0 Å². The average molecular weight is 213 g/mol. The lowest BCUT2D eigenvalue weighted by molar-refractivity contribution is 0.468. The van der Waals surface area contributed by atoms with Crippen LogP contribution in [0.15, 0.2) is 44.0 Å². The maximum absolute atomic E-state index is 9.92. The van der Waals surface area contributed by atoms with Crippen molar-refractivity contribution in [3.8, 4) is 5.75 Å². The highest BCUT2D eigenvalue weighted by Gasteiger charge is 2.08. The van der Waals surface area contributed by atoms with E-state index in [-0.39, 0.29) is 0 Å². The molecular formula is C15H17O. The monoisotopic (exact) mass is 213 g/mol. The van der Waals surface area contributed by atoms with Crippen molar-refractivity contribution < 1.29 is 5.11 Å². The van der Waals surface area contributed by atoms with Gasteiger partial charge in [0.2, 0.25) is 0 Å². The first-order valence-electron chi connectivity index (χ1n) is 5.31. The van der Waals surface area contributed by atoms with Crippen LogP contribution in [0.3, 0.4) is 0 Å². The first-order chi connectivity index (χ1) is 7.72. The second-order valence-corrected chi connectivity index (χ2v) is 3.62. The molecule has 83 valence electrons. The van der Waals surface area contributed by atoms with Crippen molar-refractivity contribution in [2.45, 2.75) is 19.3 Å². The van der Waals surface area contributed by atoms with Gasteiger partial charge in [-0.25, -0.2) is 0 Å². The van der Waals surface area contributed by atoms with E-state index in [0.717, 1.165) is 16.7 Å². The molecule has 0 aliphatic heterocycles. The molecule has 0 heterocycles. The highest BCUT2D eigenvalue weighted by atomic mass is 16.3.